The molecule has 0 bridgehead atoms. The molecular formula is C10H17N5. The van der Waals surface area contributed by atoms with Gasteiger partial charge in [0.15, 0.2) is 0 Å². The Balaban J connectivity index is 0.000000162. The highest BCUT2D eigenvalue weighted by Gasteiger charge is 1.93. The molecular weight excluding hydrogens is 190 g/mol. The van der Waals surface area contributed by atoms with Gasteiger partial charge >= 0.3 is 0 Å². The highest BCUT2D eigenvalue weighted by Crippen LogP contribution is 1.90. The minimum Gasteiger partial charge on any atom is -0.349 e. The number of aryl methyl sites for hydroxylation is 1. The van der Waals surface area contributed by atoms with E-state index in [1.54, 1.807) is 18.6 Å². The molecule has 0 fully saturated rings. The number of hydrogen-bond acceptors (Lipinski definition) is 3. The molecule has 5 heteroatoms. The van der Waals surface area contributed by atoms with Gasteiger partial charge < -0.3 is 14.9 Å². The smallest absolute Gasteiger partial charge is 0.120 e. The third-order valence-electron chi connectivity index (χ3n) is 1.66. The second kappa shape index (κ2) is 5.98. The van der Waals surface area contributed by atoms with Crippen LogP contribution in [-0.2, 0) is 6.54 Å². The average molecular weight is 207 g/mol. The highest BCUT2D eigenvalue weighted by atomic mass is 15.1. The number of H-pyrrole nitrogens is 2. The third-order valence-corrected chi connectivity index (χ3v) is 1.66. The van der Waals surface area contributed by atoms with Gasteiger partial charge in [-0.15, -0.1) is 0 Å². The van der Waals surface area contributed by atoms with Crippen molar-refractivity contribution < 1.29 is 0 Å². The van der Waals surface area contributed by atoms with Gasteiger partial charge in [0.1, 0.15) is 11.6 Å². The molecule has 0 aliphatic carbocycles. The van der Waals surface area contributed by atoms with Crippen LogP contribution in [0.4, 0.5) is 0 Å². The van der Waals surface area contributed by atoms with E-state index in [4.69, 9.17) is 0 Å². The molecule has 15 heavy (non-hydrogen) atoms. The monoisotopic (exact) mass is 207 g/mol. The Morgan fingerprint density at radius 3 is 2.13 bits per heavy atom. The second-order valence-corrected chi connectivity index (χ2v) is 3.45. The van der Waals surface area contributed by atoms with Crippen LogP contribution in [0.5, 0.6) is 0 Å². The number of nitrogens with zero attached hydrogens (tertiary/aromatic N) is 3. The predicted molar refractivity (Wildman–Crippen MR) is 59.3 cm³/mol. The first-order chi connectivity index (χ1) is 7.18. The molecule has 2 heterocycles. The zero-order chi connectivity index (χ0) is 11.1. The summed E-state index contributed by atoms with van der Waals surface area (Å²) >= 11 is 0. The van der Waals surface area contributed by atoms with Crippen LogP contribution >= 0.6 is 0 Å². The molecule has 0 radical (unpaired) electrons. The van der Waals surface area contributed by atoms with Crippen molar-refractivity contribution >= 4 is 0 Å². The molecule has 0 unspecified atom stereocenters. The van der Waals surface area contributed by atoms with Crippen molar-refractivity contribution in [3.05, 3.63) is 36.4 Å². The quantitative estimate of drug-likeness (QED) is 0.777. The van der Waals surface area contributed by atoms with Gasteiger partial charge in [-0.05, 0) is 21.0 Å². The minimum atomic E-state index is 0.882. The highest BCUT2D eigenvalue weighted by molar-refractivity contribution is 4.85. The Kier molecular flexibility index (Phi) is 4.56. The SMILES string of the molecule is CN(C)Cc1ncc[nH]1.Cc1ncc[nH]1. The first-order valence-corrected chi connectivity index (χ1v) is 4.77. The number of aromatic nitrogens is 4. The fourth-order valence-corrected chi connectivity index (χ4v) is 1.03. The summed E-state index contributed by atoms with van der Waals surface area (Å²) in [5.41, 5.74) is 0. The van der Waals surface area contributed by atoms with Crippen LogP contribution < -0.4 is 0 Å². The fraction of sp³-hybridized carbons (Fsp3) is 0.400. The first-order valence-electron chi connectivity index (χ1n) is 4.77. The molecule has 2 aromatic rings. The molecule has 0 spiro atoms. The molecule has 0 aromatic carbocycles. The van der Waals surface area contributed by atoms with Crippen molar-refractivity contribution in [3.8, 4) is 0 Å². The number of imidazole rings is 2. The van der Waals surface area contributed by atoms with Crippen molar-refractivity contribution in [2.75, 3.05) is 14.1 Å². The van der Waals surface area contributed by atoms with Crippen LogP contribution in [0.2, 0.25) is 0 Å². The average Bonchev–Trinajstić information content (AvgIpc) is 2.78. The largest absolute Gasteiger partial charge is 0.349 e. The zero-order valence-corrected chi connectivity index (χ0v) is 9.36. The summed E-state index contributed by atoms with van der Waals surface area (Å²) in [5, 5.41) is 0. The summed E-state index contributed by atoms with van der Waals surface area (Å²) in [6, 6.07) is 0. The molecule has 0 amide bonds. The lowest BCUT2D eigenvalue weighted by Gasteiger charge is -2.04. The maximum atomic E-state index is 4.06. The summed E-state index contributed by atoms with van der Waals surface area (Å²) in [6.45, 7) is 2.80. The summed E-state index contributed by atoms with van der Waals surface area (Å²) < 4.78 is 0. The van der Waals surface area contributed by atoms with Gasteiger partial charge in [-0.3, -0.25) is 0 Å². The molecule has 2 rings (SSSR count). The lowest BCUT2D eigenvalue weighted by Crippen LogP contribution is -2.11. The Hall–Kier alpha value is -1.62. The first kappa shape index (κ1) is 11.5. The summed E-state index contributed by atoms with van der Waals surface area (Å²) in [4.78, 5) is 15.9. The van der Waals surface area contributed by atoms with Crippen LogP contribution in [0.25, 0.3) is 0 Å². The van der Waals surface area contributed by atoms with Crippen LogP contribution in [-0.4, -0.2) is 38.9 Å². The molecule has 0 saturated carbocycles. The maximum absolute atomic E-state index is 4.06. The van der Waals surface area contributed by atoms with E-state index in [-0.39, 0.29) is 0 Å². The Morgan fingerprint density at radius 1 is 1.13 bits per heavy atom. The van der Waals surface area contributed by atoms with Gasteiger partial charge in [0.2, 0.25) is 0 Å². The summed E-state index contributed by atoms with van der Waals surface area (Å²) in [7, 11) is 4.03. The van der Waals surface area contributed by atoms with E-state index in [2.05, 4.69) is 24.8 Å². The molecule has 2 aromatic heterocycles. The minimum absolute atomic E-state index is 0.882. The van der Waals surface area contributed by atoms with Gasteiger partial charge in [0.25, 0.3) is 0 Å². The van der Waals surface area contributed by atoms with Gasteiger partial charge in [0, 0.05) is 24.8 Å². The Bertz CT molecular complexity index is 336. The second-order valence-electron chi connectivity index (χ2n) is 3.45. The van der Waals surface area contributed by atoms with Crippen molar-refractivity contribution in [1.82, 2.24) is 24.8 Å². The maximum Gasteiger partial charge on any atom is 0.120 e. The van der Waals surface area contributed by atoms with E-state index in [9.17, 15) is 0 Å². The van der Waals surface area contributed by atoms with Crippen LogP contribution in [0, 0.1) is 6.92 Å². The number of aromatic amines is 2. The summed E-state index contributed by atoms with van der Waals surface area (Å²) in [6.07, 6.45) is 7.13. The van der Waals surface area contributed by atoms with Crippen LogP contribution in [0.3, 0.4) is 0 Å². The Labute approximate surface area is 89.6 Å². The van der Waals surface area contributed by atoms with Crippen LogP contribution in [0.1, 0.15) is 11.6 Å². The Morgan fingerprint density at radius 2 is 1.80 bits per heavy atom. The fourth-order valence-electron chi connectivity index (χ4n) is 1.03. The zero-order valence-electron chi connectivity index (χ0n) is 9.36. The van der Waals surface area contributed by atoms with Gasteiger partial charge in [-0.2, -0.15) is 0 Å². The lowest BCUT2D eigenvalue weighted by molar-refractivity contribution is 0.392. The normalized spacial score (nSPS) is 9.87. The van der Waals surface area contributed by atoms with E-state index >= 15 is 0 Å². The van der Waals surface area contributed by atoms with E-state index in [0.717, 1.165) is 18.2 Å². The van der Waals surface area contributed by atoms with Gasteiger partial charge in [0.05, 0.1) is 6.54 Å². The van der Waals surface area contributed by atoms with Crippen LogP contribution in [0.15, 0.2) is 24.8 Å². The summed E-state index contributed by atoms with van der Waals surface area (Å²) in [5.74, 6) is 1.98. The van der Waals surface area contributed by atoms with E-state index < -0.39 is 0 Å². The lowest BCUT2D eigenvalue weighted by atomic mass is 10.6. The molecule has 82 valence electrons. The van der Waals surface area contributed by atoms with Crippen molar-refractivity contribution in [2.24, 2.45) is 0 Å². The molecule has 0 aliphatic heterocycles. The molecule has 5 nitrogen and oxygen atoms in total. The van der Waals surface area contributed by atoms with Crippen molar-refractivity contribution in [3.63, 3.8) is 0 Å². The molecule has 0 aliphatic rings. The predicted octanol–water partition coefficient (Wildman–Crippen LogP) is 1.19. The molecule has 0 atom stereocenters. The number of hydrogen-bond donors (Lipinski definition) is 2. The standard InChI is InChI=1S/C6H11N3.C4H6N2/c1-9(2)5-6-7-3-4-8-6;1-4-5-2-3-6-4/h3-4H,5H2,1-2H3,(H,7,8);2-3H,1H3,(H,5,6). The molecule has 0 saturated heterocycles. The molecule has 2 N–H and O–H groups in total. The van der Waals surface area contributed by atoms with E-state index in [1.165, 1.54) is 0 Å². The van der Waals surface area contributed by atoms with Gasteiger partial charge in [-0.25, -0.2) is 9.97 Å². The number of rotatable bonds is 2. The van der Waals surface area contributed by atoms with Crippen molar-refractivity contribution in [1.29, 1.82) is 0 Å². The van der Waals surface area contributed by atoms with Crippen molar-refractivity contribution in [2.45, 2.75) is 13.5 Å². The van der Waals surface area contributed by atoms with Gasteiger partial charge in [-0.1, -0.05) is 0 Å². The van der Waals surface area contributed by atoms with E-state index in [0.29, 0.717) is 0 Å². The van der Waals surface area contributed by atoms with E-state index in [1.807, 2.05) is 27.2 Å². The third kappa shape index (κ3) is 4.97. The number of nitrogens with one attached hydrogen (secondary N) is 2. The topological polar surface area (TPSA) is 60.6 Å².